The van der Waals surface area contributed by atoms with Crippen molar-refractivity contribution in [3.05, 3.63) is 52.6 Å². The number of carbonyl (C=O) groups is 1. The van der Waals surface area contributed by atoms with Crippen LogP contribution in [-0.2, 0) is 6.18 Å². The molecule has 0 aromatic heterocycles. The summed E-state index contributed by atoms with van der Waals surface area (Å²) in [5.74, 6) is 0.119. The molecule has 27 heavy (non-hydrogen) atoms. The van der Waals surface area contributed by atoms with Gasteiger partial charge in [-0.15, -0.1) is 0 Å². The molecule has 7 heteroatoms. The molecule has 0 saturated carbocycles. The van der Waals surface area contributed by atoms with Crippen molar-refractivity contribution in [3.8, 4) is 16.9 Å². The molecule has 4 rings (SSSR count). The van der Waals surface area contributed by atoms with E-state index in [2.05, 4.69) is 5.32 Å². The Hall–Kier alpha value is -2.54. The fraction of sp³-hybridized carbons (Fsp3) is 0.350. The molecule has 4 nitrogen and oxygen atoms in total. The van der Waals surface area contributed by atoms with Crippen LogP contribution in [0.2, 0.25) is 0 Å². The minimum Gasteiger partial charge on any atom is -0.497 e. The number of amides is 1. The van der Waals surface area contributed by atoms with Crippen molar-refractivity contribution < 1.29 is 22.7 Å². The summed E-state index contributed by atoms with van der Waals surface area (Å²) < 4.78 is 46.6. The maximum absolute atomic E-state index is 13.8. The van der Waals surface area contributed by atoms with E-state index in [-0.39, 0.29) is 11.6 Å². The molecule has 1 atom stereocenters. The zero-order valence-corrected chi connectivity index (χ0v) is 15.0. The average Bonchev–Trinajstić information content (AvgIpc) is 2.93. The number of methoxy groups -OCH3 is 1. The third-order valence-corrected chi connectivity index (χ3v) is 5.30. The molecule has 0 spiro atoms. The molecule has 1 saturated heterocycles. The first-order chi connectivity index (χ1) is 12.8. The van der Waals surface area contributed by atoms with E-state index in [4.69, 9.17) is 4.74 Å². The second-order valence-corrected chi connectivity index (χ2v) is 6.89. The average molecular weight is 376 g/mol. The van der Waals surface area contributed by atoms with Gasteiger partial charge in [0.2, 0.25) is 0 Å². The Kier molecular flexibility index (Phi) is 4.14. The van der Waals surface area contributed by atoms with Gasteiger partial charge in [-0.2, -0.15) is 13.2 Å². The highest BCUT2D eigenvalue weighted by Gasteiger charge is 2.45. The predicted molar refractivity (Wildman–Crippen MR) is 94.8 cm³/mol. The van der Waals surface area contributed by atoms with Crippen molar-refractivity contribution in [1.29, 1.82) is 0 Å². The molecular formula is C20H19F3N2O2. The lowest BCUT2D eigenvalue weighted by atomic mass is 9.91. The standard InChI is InChI=1S/C20H19F3N2O2/c1-11-7-13(27-2)3-4-14(11)12-8-15-17-10-24-5-6-25(17)19(26)18(15)16(9-12)20(21,22)23/h3-4,7-9,17,24H,5-6,10H2,1-2H3. The lowest BCUT2D eigenvalue weighted by Crippen LogP contribution is -2.44. The van der Waals surface area contributed by atoms with E-state index in [9.17, 15) is 18.0 Å². The second-order valence-electron chi connectivity index (χ2n) is 6.89. The van der Waals surface area contributed by atoms with Crippen molar-refractivity contribution in [2.75, 3.05) is 26.7 Å². The van der Waals surface area contributed by atoms with Crippen LogP contribution in [0, 0.1) is 6.92 Å². The summed E-state index contributed by atoms with van der Waals surface area (Å²) in [6.07, 6.45) is -4.60. The molecule has 1 fully saturated rings. The molecule has 1 amide bonds. The van der Waals surface area contributed by atoms with Crippen LogP contribution in [0.3, 0.4) is 0 Å². The Balaban J connectivity index is 1.93. The first-order valence-corrected chi connectivity index (χ1v) is 8.73. The smallest absolute Gasteiger partial charge is 0.417 e. The highest BCUT2D eigenvalue weighted by Crippen LogP contribution is 2.44. The SMILES string of the molecule is COc1ccc(-c2cc3c(c(C(F)(F)F)c2)C(=O)N2CCNCC32)c(C)c1. The third-order valence-electron chi connectivity index (χ3n) is 5.30. The Bertz CT molecular complexity index is 924. The summed E-state index contributed by atoms with van der Waals surface area (Å²) in [4.78, 5) is 14.2. The molecular weight excluding hydrogens is 357 g/mol. The summed E-state index contributed by atoms with van der Waals surface area (Å²) in [6, 6.07) is 7.73. The largest absolute Gasteiger partial charge is 0.497 e. The maximum atomic E-state index is 13.8. The number of nitrogens with one attached hydrogen (secondary N) is 1. The Labute approximate surface area is 154 Å². The van der Waals surface area contributed by atoms with Crippen LogP contribution in [0.4, 0.5) is 13.2 Å². The van der Waals surface area contributed by atoms with Crippen molar-refractivity contribution in [3.63, 3.8) is 0 Å². The van der Waals surface area contributed by atoms with Crippen LogP contribution in [0.25, 0.3) is 11.1 Å². The van der Waals surface area contributed by atoms with Crippen molar-refractivity contribution >= 4 is 5.91 Å². The number of hydrogen-bond acceptors (Lipinski definition) is 3. The number of piperazine rings is 1. The minimum atomic E-state index is -4.60. The van der Waals surface area contributed by atoms with Gasteiger partial charge in [-0.3, -0.25) is 4.79 Å². The number of nitrogens with zero attached hydrogens (tertiary/aromatic N) is 1. The number of ether oxygens (including phenoxy) is 1. The second kappa shape index (κ2) is 6.27. The molecule has 2 aliphatic heterocycles. The number of fused-ring (bicyclic) bond motifs is 3. The fourth-order valence-corrected chi connectivity index (χ4v) is 4.00. The van der Waals surface area contributed by atoms with E-state index < -0.39 is 17.6 Å². The summed E-state index contributed by atoms with van der Waals surface area (Å²) in [6.45, 7) is 3.29. The van der Waals surface area contributed by atoms with Crippen LogP contribution in [-0.4, -0.2) is 37.6 Å². The summed E-state index contributed by atoms with van der Waals surface area (Å²) in [7, 11) is 1.54. The lowest BCUT2D eigenvalue weighted by Gasteiger charge is -2.30. The minimum absolute atomic E-state index is 0.203. The first-order valence-electron chi connectivity index (χ1n) is 8.73. The fourth-order valence-electron chi connectivity index (χ4n) is 4.00. The van der Waals surface area contributed by atoms with Gasteiger partial charge < -0.3 is 15.0 Å². The molecule has 0 radical (unpaired) electrons. The van der Waals surface area contributed by atoms with Gasteiger partial charge in [0.05, 0.1) is 24.3 Å². The van der Waals surface area contributed by atoms with Crippen molar-refractivity contribution in [2.24, 2.45) is 0 Å². The number of benzene rings is 2. The predicted octanol–water partition coefficient (Wildman–Crippen LogP) is 3.79. The number of hydrogen-bond donors (Lipinski definition) is 1. The molecule has 2 aromatic carbocycles. The Morgan fingerprint density at radius 3 is 2.67 bits per heavy atom. The summed E-state index contributed by atoms with van der Waals surface area (Å²) in [5.41, 5.74) is 1.36. The lowest BCUT2D eigenvalue weighted by molar-refractivity contribution is -0.137. The van der Waals surface area contributed by atoms with Crippen LogP contribution in [0.15, 0.2) is 30.3 Å². The van der Waals surface area contributed by atoms with Crippen LogP contribution >= 0.6 is 0 Å². The third kappa shape index (κ3) is 2.86. The highest BCUT2D eigenvalue weighted by molar-refractivity contribution is 6.02. The summed E-state index contributed by atoms with van der Waals surface area (Å²) >= 11 is 0. The molecule has 2 aromatic rings. The van der Waals surface area contributed by atoms with E-state index in [0.29, 0.717) is 42.1 Å². The maximum Gasteiger partial charge on any atom is 0.417 e. The van der Waals surface area contributed by atoms with Gasteiger partial charge >= 0.3 is 6.18 Å². The molecule has 1 N–H and O–H groups in total. The van der Waals surface area contributed by atoms with Gasteiger partial charge in [0, 0.05) is 19.6 Å². The van der Waals surface area contributed by atoms with Crippen LogP contribution in [0.5, 0.6) is 5.75 Å². The molecule has 1 unspecified atom stereocenters. The van der Waals surface area contributed by atoms with E-state index >= 15 is 0 Å². The van der Waals surface area contributed by atoms with Gasteiger partial charge in [-0.05, 0) is 53.4 Å². The molecule has 2 aliphatic rings. The van der Waals surface area contributed by atoms with Crippen molar-refractivity contribution in [1.82, 2.24) is 10.2 Å². The van der Waals surface area contributed by atoms with Gasteiger partial charge in [-0.25, -0.2) is 0 Å². The van der Waals surface area contributed by atoms with Gasteiger partial charge in [-0.1, -0.05) is 6.07 Å². The van der Waals surface area contributed by atoms with E-state index in [1.54, 1.807) is 36.3 Å². The Morgan fingerprint density at radius 2 is 2.00 bits per heavy atom. The highest BCUT2D eigenvalue weighted by atomic mass is 19.4. The number of alkyl halides is 3. The van der Waals surface area contributed by atoms with Crippen molar-refractivity contribution in [2.45, 2.75) is 19.1 Å². The Morgan fingerprint density at radius 1 is 1.22 bits per heavy atom. The van der Waals surface area contributed by atoms with E-state index in [1.165, 1.54) is 0 Å². The van der Waals surface area contributed by atoms with Crippen LogP contribution < -0.4 is 10.1 Å². The number of rotatable bonds is 2. The number of carbonyl (C=O) groups excluding carboxylic acids is 1. The van der Waals surface area contributed by atoms with Crippen LogP contribution in [0.1, 0.15) is 33.1 Å². The first kappa shape index (κ1) is 17.9. The molecule has 0 aliphatic carbocycles. The normalized spacial score (nSPS) is 19.1. The quantitative estimate of drug-likeness (QED) is 0.867. The topological polar surface area (TPSA) is 41.6 Å². The van der Waals surface area contributed by atoms with Gasteiger partial charge in [0.25, 0.3) is 5.91 Å². The molecule has 2 heterocycles. The zero-order chi connectivity index (χ0) is 19.3. The van der Waals surface area contributed by atoms with Gasteiger partial charge in [0.1, 0.15) is 5.75 Å². The number of halogens is 3. The van der Waals surface area contributed by atoms with E-state index in [1.807, 2.05) is 6.92 Å². The monoisotopic (exact) mass is 376 g/mol. The van der Waals surface area contributed by atoms with Gasteiger partial charge in [0.15, 0.2) is 0 Å². The molecule has 142 valence electrons. The summed E-state index contributed by atoms with van der Waals surface area (Å²) in [5, 5.41) is 3.17. The zero-order valence-electron chi connectivity index (χ0n) is 15.0. The number of aryl methyl sites for hydroxylation is 1. The molecule has 0 bridgehead atoms. The van der Waals surface area contributed by atoms with E-state index in [0.717, 1.165) is 11.6 Å².